The van der Waals surface area contributed by atoms with Gasteiger partial charge in [0, 0.05) is 74.4 Å². The van der Waals surface area contributed by atoms with Crippen molar-refractivity contribution in [3.05, 3.63) is 112 Å². The summed E-state index contributed by atoms with van der Waals surface area (Å²) >= 11 is 0. The molecule has 15 nitrogen and oxygen atoms in total. The zero-order chi connectivity index (χ0) is 28.3. The van der Waals surface area contributed by atoms with Crippen molar-refractivity contribution in [1.82, 2.24) is 59.8 Å². The highest BCUT2D eigenvalue weighted by molar-refractivity contribution is 8.00. The van der Waals surface area contributed by atoms with E-state index >= 15 is 0 Å². The van der Waals surface area contributed by atoms with Gasteiger partial charge in [-0.25, -0.2) is 73.4 Å². The van der Waals surface area contributed by atoms with Crippen LogP contribution in [0.15, 0.2) is 126 Å². The van der Waals surface area contributed by atoms with Crippen molar-refractivity contribution < 1.29 is 0 Å². The molecule has 0 aromatic carbocycles. The lowest BCUT2D eigenvalue weighted by atomic mass is 10.7. The molecule has 0 saturated carbocycles. The Morgan fingerprint density at radius 1 is 0.238 bits per heavy atom. The summed E-state index contributed by atoms with van der Waals surface area (Å²) in [7, 11) is -9.65. The molecular formula is C24H18N15P3. The van der Waals surface area contributed by atoms with Gasteiger partial charge in [-0.05, 0) is 0 Å². The molecule has 0 unspecified atom stereocenters. The smallest absolute Gasteiger partial charge is 0.144 e. The Morgan fingerprint density at radius 3 is 0.524 bits per heavy atom. The Balaban J connectivity index is 1.80. The zero-order valence-electron chi connectivity index (χ0n) is 21.4. The Labute approximate surface area is 238 Å². The van der Waals surface area contributed by atoms with Gasteiger partial charge in [-0.2, -0.15) is 0 Å². The number of hydrogen-bond donors (Lipinski definition) is 0. The average molecular weight is 609 g/mol. The van der Waals surface area contributed by atoms with E-state index in [1.54, 1.807) is 74.4 Å². The molecule has 1 aliphatic heterocycles. The van der Waals surface area contributed by atoms with Gasteiger partial charge in [-0.3, -0.25) is 0 Å². The second-order valence-electron chi connectivity index (χ2n) is 8.65. The van der Waals surface area contributed by atoms with Crippen LogP contribution in [0, 0.1) is 0 Å². The fourth-order valence-electron chi connectivity index (χ4n) is 4.40. The van der Waals surface area contributed by atoms with Crippen LogP contribution in [-0.2, 0) is 0 Å². The van der Waals surface area contributed by atoms with E-state index in [-0.39, 0.29) is 0 Å². The van der Waals surface area contributed by atoms with Crippen LogP contribution in [0.1, 0.15) is 0 Å². The van der Waals surface area contributed by atoms with Gasteiger partial charge in [-0.1, -0.05) is 0 Å². The van der Waals surface area contributed by atoms with Crippen molar-refractivity contribution in [2.75, 3.05) is 0 Å². The second-order valence-corrected chi connectivity index (χ2v) is 17.5. The van der Waals surface area contributed by atoms with E-state index in [1.807, 2.05) is 0 Å². The van der Waals surface area contributed by atoms with Crippen LogP contribution in [-0.4, -0.2) is 59.8 Å². The first-order valence-corrected chi connectivity index (χ1v) is 17.3. The summed E-state index contributed by atoms with van der Waals surface area (Å²) < 4.78 is 17.1. The molecular weight excluding hydrogens is 591 g/mol. The lowest BCUT2D eigenvalue weighted by molar-refractivity contribution is 1.17. The van der Waals surface area contributed by atoms with E-state index in [0.717, 1.165) is 0 Å². The summed E-state index contributed by atoms with van der Waals surface area (Å²) in [6, 6.07) is 0. The summed E-state index contributed by atoms with van der Waals surface area (Å²) in [5, 5.41) is 4.12. The lowest BCUT2D eigenvalue weighted by Crippen LogP contribution is -2.26. The van der Waals surface area contributed by atoms with Gasteiger partial charge in [0.2, 0.25) is 0 Å². The molecule has 6 aromatic heterocycles. The molecule has 0 amide bonds. The van der Waals surface area contributed by atoms with E-state index in [1.165, 1.54) is 38.0 Å². The summed E-state index contributed by atoms with van der Waals surface area (Å²) in [6.07, 6.45) is 29.5. The molecule has 0 radical (unpaired) electrons. The van der Waals surface area contributed by atoms with E-state index in [2.05, 4.69) is 59.8 Å². The van der Waals surface area contributed by atoms with Crippen molar-refractivity contribution >= 4 is 53.4 Å². The molecule has 7 rings (SSSR count). The molecule has 0 fully saturated rings. The maximum absolute atomic E-state index is 5.69. The van der Waals surface area contributed by atoms with Crippen LogP contribution in [0.3, 0.4) is 0 Å². The van der Waals surface area contributed by atoms with Crippen molar-refractivity contribution in [2.24, 2.45) is 13.5 Å². The molecule has 7 heterocycles. The standard InChI is InChI=1S/C24H18N15P3/c1-19(2-26-13-25-1)40(20-3-27-14-28-4-20)37-41(21-5-29-15-30-6-21,22-7-31-16-32-8-22)39-42(38-40,23-9-33-17-34-10-23)24-11-35-18-36-12-24/h1-18H. The summed E-state index contributed by atoms with van der Waals surface area (Å²) in [6.45, 7) is 0. The first-order chi connectivity index (χ1) is 20.8. The highest BCUT2D eigenvalue weighted by Crippen LogP contribution is 2.75. The quantitative estimate of drug-likeness (QED) is 0.244. The van der Waals surface area contributed by atoms with Gasteiger partial charge < -0.3 is 0 Å². The van der Waals surface area contributed by atoms with Gasteiger partial charge in [0.05, 0.1) is 31.8 Å². The lowest BCUT2D eigenvalue weighted by Gasteiger charge is -2.36. The first kappa shape index (κ1) is 26.1. The topological polar surface area (TPSA) is 192 Å². The summed E-state index contributed by atoms with van der Waals surface area (Å²) in [5.74, 6) is 0. The summed E-state index contributed by atoms with van der Waals surface area (Å²) in [5.41, 5.74) is 0. The maximum Gasteiger partial charge on any atom is 0.144 e. The van der Waals surface area contributed by atoms with Gasteiger partial charge in [0.15, 0.2) is 0 Å². The van der Waals surface area contributed by atoms with E-state index in [9.17, 15) is 0 Å². The van der Waals surface area contributed by atoms with Gasteiger partial charge in [-0.15, -0.1) is 0 Å². The molecule has 204 valence electrons. The fourth-order valence-corrected chi connectivity index (χ4v) is 18.9. The van der Waals surface area contributed by atoms with Crippen LogP contribution in [0.2, 0.25) is 0 Å². The van der Waals surface area contributed by atoms with Crippen molar-refractivity contribution in [3.63, 3.8) is 0 Å². The number of aromatic nitrogens is 12. The van der Waals surface area contributed by atoms with Crippen LogP contribution < -0.4 is 31.8 Å². The third-order valence-corrected chi connectivity index (χ3v) is 18.1. The highest BCUT2D eigenvalue weighted by atomic mass is 31.3. The normalized spacial score (nSPS) is 16.3. The number of nitrogens with zero attached hydrogens (tertiary/aromatic N) is 15. The van der Waals surface area contributed by atoms with Crippen molar-refractivity contribution in [2.45, 2.75) is 0 Å². The summed E-state index contributed by atoms with van der Waals surface area (Å²) in [4.78, 5) is 52.4. The Morgan fingerprint density at radius 2 is 0.381 bits per heavy atom. The van der Waals surface area contributed by atoms with E-state index in [0.29, 0.717) is 31.8 Å². The predicted molar refractivity (Wildman–Crippen MR) is 158 cm³/mol. The molecule has 0 aliphatic carbocycles. The zero-order valence-corrected chi connectivity index (χ0v) is 24.1. The third kappa shape index (κ3) is 4.35. The fraction of sp³-hybridized carbons (Fsp3) is 0. The molecule has 42 heavy (non-hydrogen) atoms. The first-order valence-electron chi connectivity index (χ1n) is 12.2. The molecule has 1 aliphatic rings. The van der Waals surface area contributed by atoms with Crippen LogP contribution in [0.4, 0.5) is 0 Å². The molecule has 0 saturated heterocycles. The maximum atomic E-state index is 5.69. The average Bonchev–Trinajstić information content (AvgIpc) is 3.10. The Kier molecular flexibility index (Phi) is 6.75. The minimum absolute atomic E-state index is 0.686. The second kappa shape index (κ2) is 10.9. The SMILES string of the molecule is c1ncc(P2(c3cncnc3)=NP(c3cncnc3)(c3cncnc3)=NP(c3cncnc3)(c3cncnc3)=N2)cn1. The van der Waals surface area contributed by atoms with Gasteiger partial charge in [0.25, 0.3) is 0 Å². The molecule has 6 aromatic rings. The van der Waals surface area contributed by atoms with E-state index in [4.69, 9.17) is 13.5 Å². The van der Waals surface area contributed by atoms with Crippen molar-refractivity contribution in [3.8, 4) is 0 Å². The third-order valence-electron chi connectivity index (χ3n) is 6.22. The molecule has 0 bridgehead atoms. The predicted octanol–water partition coefficient (Wildman–Crippen LogP) is 1.04. The molecule has 18 heteroatoms. The Hall–Kier alpha value is -4.83. The highest BCUT2D eigenvalue weighted by Gasteiger charge is 2.44. The minimum Gasteiger partial charge on any atom is -0.244 e. The number of hydrogen-bond acceptors (Lipinski definition) is 15. The molecule has 0 atom stereocenters. The number of rotatable bonds is 6. The monoisotopic (exact) mass is 609 g/mol. The van der Waals surface area contributed by atoms with Crippen LogP contribution in [0.5, 0.6) is 0 Å². The molecule has 0 spiro atoms. The molecule has 0 N–H and O–H groups in total. The minimum atomic E-state index is -3.22. The van der Waals surface area contributed by atoms with Crippen LogP contribution >= 0.6 is 21.6 Å². The van der Waals surface area contributed by atoms with Gasteiger partial charge in [0.1, 0.15) is 59.6 Å². The van der Waals surface area contributed by atoms with Crippen LogP contribution in [0.25, 0.3) is 0 Å². The largest absolute Gasteiger partial charge is 0.244 e. The van der Waals surface area contributed by atoms with Crippen molar-refractivity contribution in [1.29, 1.82) is 0 Å². The van der Waals surface area contributed by atoms with Gasteiger partial charge >= 0.3 is 0 Å². The Bertz CT molecular complexity index is 1620. The van der Waals surface area contributed by atoms with E-state index < -0.39 is 21.6 Å².